The average Bonchev–Trinajstić information content (AvgIpc) is 2.43. The van der Waals surface area contributed by atoms with Gasteiger partial charge in [-0.15, -0.1) is 0 Å². The smallest absolute Gasteiger partial charge is 0.341 e. The van der Waals surface area contributed by atoms with Gasteiger partial charge in [-0.2, -0.15) is 0 Å². The maximum absolute atomic E-state index is 13.5. The summed E-state index contributed by atoms with van der Waals surface area (Å²) in [6.07, 6.45) is 7.59. The van der Waals surface area contributed by atoms with Crippen molar-refractivity contribution in [1.29, 1.82) is 0 Å². The van der Waals surface area contributed by atoms with Gasteiger partial charge in [-0.05, 0) is 24.0 Å². The van der Waals surface area contributed by atoms with E-state index in [2.05, 4.69) is 9.97 Å². The second kappa shape index (κ2) is 5.71. The third-order valence-corrected chi connectivity index (χ3v) is 4.10. The Morgan fingerprint density at radius 2 is 2.18 bits per heavy atom. The third-order valence-electron chi connectivity index (χ3n) is 4.10. The monoisotopic (exact) mass is 302 g/mol. The van der Waals surface area contributed by atoms with Crippen molar-refractivity contribution in [2.45, 2.75) is 25.7 Å². The van der Waals surface area contributed by atoms with Crippen molar-refractivity contribution in [3.05, 3.63) is 51.8 Å². The summed E-state index contributed by atoms with van der Waals surface area (Å²) >= 11 is 0. The lowest BCUT2D eigenvalue weighted by Gasteiger charge is -2.26. The zero-order valence-electron chi connectivity index (χ0n) is 11.8. The number of aromatic amines is 1. The van der Waals surface area contributed by atoms with Crippen LogP contribution in [0.15, 0.2) is 29.5 Å². The normalized spacial score (nSPS) is 14.6. The van der Waals surface area contributed by atoms with Crippen LogP contribution >= 0.6 is 0 Å². The van der Waals surface area contributed by atoms with Crippen LogP contribution < -0.4 is 5.43 Å². The first-order valence-electron chi connectivity index (χ1n) is 7.15. The van der Waals surface area contributed by atoms with Gasteiger partial charge in [0, 0.05) is 12.4 Å². The largest absolute Gasteiger partial charge is 0.477 e. The highest BCUT2D eigenvalue weighted by Gasteiger charge is 2.22. The molecule has 2 aromatic heterocycles. The van der Waals surface area contributed by atoms with Crippen LogP contribution in [0.1, 0.15) is 35.2 Å². The van der Waals surface area contributed by atoms with E-state index in [1.807, 2.05) is 0 Å². The van der Waals surface area contributed by atoms with E-state index in [-0.39, 0.29) is 11.1 Å². The molecule has 22 heavy (non-hydrogen) atoms. The Bertz CT molecular complexity index is 781. The maximum Gasteiger partial charge on any atom is 0.341 e. The Morgan fingerprint density at radius 3 is 2.82 bits per heavy atom. The van der Waals surface area contributed by atoms with E-state index in [9.17, 15) is 14.0 Å². The van der Waals surface area contributed by atoms with E-state index in [1.165, 1.54) is 12.3 Å². The number of nitrogens with zero attached hydrogens (tertiary/aromatic N) is 1. The highest BCUT2D eigenvalue weighted by Crippen LogP contribution is 2.32. The lowest BCUT2D eigenvalue weighted by Crippen LogP contribution is -2.19. The molecule has 2 N–H and O–H groups in total. The van der Waals surface area contributed by atoms with Gasteiger partial charge in [0.15, 0.2) is 0 Å². The molecule has 0 unspecified atom stereocenters. The molecule has 0 atom stereocenters. The van der Waals surface area contributed by atoms with Gasteiger partial charge in [0.25, 0.3) is 0 Å². The predicted molar refractivity (Wildman–Crippen MR) is 78.3 cm³/mol. The number of halogens is 1. The predicted octanol–water partition coefficient (Wildman–Crippen LogP) is 2.62. The fraction of sp³-hybridized carbons (Fsp3) is 0.312. The molecule has 1 saturated carbocycles. The quantitative estimate of drug-likeness (QED) is 0.909. The van der Waals surface area contributed by atoms with Gasteiger partial charge >= 0.3 is 5.97 Å². The average molecular weight is 302 g/mol. The van der Waals surface area contributed by atoms with Crippen LogP contribution in [0.3, 0.4) is 0 Å². The van der Waals surface area contributed by atoms with Gasteiger partial charge in [-0.1, -0.05) is 19.3 Å². The lowest BCUT2D eigenvalue weighted by atomic mass is 9.80. The van der Waals surface area contributed by atoms with Crippen LogP contribution in [0.5, 0.6) is 0 Å². The summed E-state index contributed by atoms with van der Waals surface area (Å²) in [6, 6.07) is 1.38. The van der Waals surface area contributed by atoms with Crippen LogP contribution in [0.4, 0.5) is 4.39 Å². The molecule has 2 aromatic rings. The molecule has 2 heterocycles. The number of hydrogen-bond acceptors (Lipinski definition) is 3. The first-order chi connectivity index (χ1) is 10.6. The summed E-state index contributed by atoms with van der Waals surface area (Å²) in [6.45, 7) is 0. The van der Waals surface area contributed by atoms with E-state index >= 15 is 0 Å². The minimum atomic E-state index is -1.30. The Kier molecular flexibility index (Phi) is 3.75. The van der Waals surface area contributed by atoms with Crippen molar-refractivity contribution in [2.75, 3.05) is 0 Å². The number of nitrogens with one attached hydrogen (secondary N) is 1. The molecule has 6 heteroatoms. The number of carboxylic acids is 1. The molecule has 0 amide bonds. The Labute approximate surface area is 125 Å². The molecular weight excluding hydrogens is 287 g/mol. The molecule has 1 fully saturated rings. The highest BCUT2D eigenvalue weighted by molar-refractivity contribution is 5.88. The maximum atomic E-state index is 13.5. The Hall–Kier alpha value is -2.50. The summed E-state index contributed by atoms with van der Waals surface area (Å²) < 4.78 is 13.5. The topological polar surface area (TPSA) is 83.0 Å². The van der Waals surface area contributed by atoms with Gasteiger partial charge < -0.3 is 10.1 Å². The molecular formula is C16H15FN2O3. The molecule has 1 aliphatic carbocycles. The number of hydrogen-bond donors (Lipinski definition) is 2. The number of carboxylic acid groups (broad SMARTS) is 1. The molecule has 0 spiro atoms. The molecule has 5 nitrogen and oxygen atoms in total. The fourth-order valence-corrected chi connectivity index (χ4v) is 2.71. The Morgan fingerprint density at radius 1 is 1.41 bits per heavy atom. The van der Waals surface area contributed by atoms with Gasteiger partial charge in [0.2, 0.25) is 5.43 Å². The van der Waals surface area contributed by atoms with E-state index in [1.54, 1.807) is 0 Å². The molecule has 3 rings (SSSR count). The van der Waals surface area contributed by atoms with Crippen LogP contribution in [0, 0.1) is 11.7 Å². The van der Waals surface area contributed by atoms with E-state index in [0.717, 1.165) is 31.7 Å². The van der Waals surface area contributed by atoms with Crippen molar-refractivity contribution < 1.29 is 14.3 Å². The summed E-state index contributed by atoms with van der Waals surface area (Å²) in [5.74, 6) is -1.28. The number of H-pyrrole nitrogens is 1. The van der Waals surface area contributed by atoms with Crippen LogP contribution in [-0.2, 0) is 6.42 Å². The second-order valence-electron chi connectivity index (χ2n) is 5.58. The number of rotatable bonds is 4. The molecule has 114 valence electrons. The first kappa shape index (κ1) is 14.4. The Balaban J connectivity index is 2.09. The van der Waals surface area contributed by atoms with Gasteiger partial charge in [-0.25, -0.2) is 9.18 Å². The second-order valence-corrected chi connectivity index (χ2v) is 5.58. The van der Waals surface area contributed by atoms with Gasteiger partial charge in [0.05, 0.1) is 17.5 Å². The zero-order chi connectivity index (χ0) is 15.7. The molecule has 0 aliphatic heterocycles. The van der Waals surface area contributed by atoms with Crippen LogP contribution in [0.2, 0.25) is 0 Å². The van der Waals surface area contributed by atoms with Crippen molar-refractivity contribution in [3.8, 4) is 11.3 Å². The standard InChI is InChI=1S/C16H15FN2O3/c17-11-5-10(4-9-2-1-3-9)14(19-6-11)12-7-18-8-13(15(12)20)16(21)22/h5-9H,1-4H2,(H,18,20)(H,21,22). The van der Waals surface area contributed by atoms with Gasteiger partial charge in [-0.3, -0.25) is 9.78 Å². The lowest BCUT2D eigenvalue weighted by molar-refractivity contribution is 0.0695. The van der Waals surface area contributed by atoms with Crippen molar-refractivity contribution >= 4 is 5.97 Å². The number of carbonyl (C=O) groups is 1. The fourth-order valence-electron chi connectivity index (χ4n) is 2.71. The van der Waals surface area contributed by atoms with Crippen molar-refractivity contribution in [1.82, 2.24) is 9.97 Å². The molecule has 1 aliphatic rings. The molecule has 0 saturated heterocycles. The highest BCUT2D eigenvalue weighted by atomic mass is 19.1. The summed E-state index contributed by atoms with van der Waals surface area (Å²) in [7, 11) is 0. The minimum absolute atomic E-state index is 0.161. The van der Waals surface area contributed by atoms with E-state index in [4.69, 9.17) is 5.11 Å². The number of aromatic carboxylic acids is 1. The van der Waals surface area contributed by atoms with Crippen LogP contribution in [0.25, 0.3) is 11.3 Å². The third kappa shape index (κ3) is 2.64. The molecule has 0 aromatic carbocycles. The summed E-state index contributed by atoms with van der Waals surface area (Å²) in [4.78, 5) is 30.1. The van der Waals surface area contributed by atoms with E-state index < -0.39 is 17.2 Å². The SMILES string of the molecule is O=C(O)c1c[nH]cc(-c2ncc(F)cc2CC2CCC2)c1=O. The molecule has 0 bridgehead atoms. The molecule has 0 radical (unpaired) electrons. The minimum Gasteiger partial charge on any atom is -0.477 e. The van der Waals surface area contributed by atoms with E-state index in [0.29, 0.717) is 23.6 Å². The summed E-state index contributed by atoms with van der Waals surface area (Å²) in [5.41, 5.74) is 0.211. The number of pyridine rings is 2. The first-order valence-corrected chi connectivity index (χ1v) is 7.15. The number of aromatic nitrogens is 2. The van der Waals surface area contributed by atoms with Crippen molar-refractivity contribution in [3.63, 3.8) is 0 Å². The summed E-state index contributed by atoms with van der Waals surface area (Å²) in [5, 5.41) is 9.04. The van der Waals surface area contributed by atoms with Crippen molar-refractivity contribution in [2.24, 2.45) is 5.92 Å². The van der Waals surface area contributed by atoms with Gasteiger partial charge in [0.1, 0.15) is 11.4 Å². The van der Waals surface area contributed by atoms with Crippen LogP contribution in [-0.4, -0.2) is 21.0 Å². The zero-order valence-corrected chi connectivity index (χ0v) is 11.8.